The van der Waals surface area contributed by atoms with E-state index in [4.69, 9.17) is 4.42 Å². The number of furan rings is 1. The van der Waals surface area contributed by atoms with Crippen molar-refractivity contribution in [2.45, 2.75) is 18.9 Å². The molecule has 1 aliphatic heterocycles. The van der Waals surface area contributed by atoms with Gasteiger partial charge in [-0.1, -0.05) is 0 Å². The van der Waals surface area contributed by atoms with Crippen LogP contribution in [-0.4, -0.2) is 22.3 Å². The average molecular weight is 242 g/mol. The van der Waals surface area contributed by atoms with Crippen molar-refractivity contribution in [3.8, 4) is 0 Å². The molecule has 0 radical (unpaired) electrons. The molecule has 1 atom stereocenters. The molecule has 2 aromatic rings. The molecular weight excluding hydrogens is 228 g/mol. The molecule has 0 aromatic carbocycles. The van der Waals surface area contributed by atoms with E-state index in [0.29, 0.717) is 5.56 Å². The second kappa shape index (κ2) is 4.64. The van der Waals surface area contributed by atoms with Gasteiger partial charge in [0.2, 0.25) is 0 Å². The van der Waals surface area contributed by atoms with E-state index in [1.807, 2.05) is 17.0 Å². The van der Waals surface area contributed by atoms with E-state index in [2.05, 4.69) is 4.98 Å². The summed E-state index contributed by atoms with van der Waals surface area (Å²) in [6.45, 7) is 0.803. The molecule has 1 aliphatic rings. The molecule has 18 heavy (non-hydrogen) atoms. The first-order valence-electron chi connectivity index (χ1n) is 6.09. The van der Waals surface area contributed by atoms with E-state index in [1.165, 1.54) is 12.5 Å². The lowest BCUT2D eigenvalue weighted by Gasteiger charge is -2.24. The van der Waals surface area contributed by atoms with Gasteiger partial charge in [-0.3, -0.25) is 9.78 Å². The number of carbonyl (C=O) groups excluding carboxylic acids is 1. The normalized spacial score (nSPS) is 19.1. The molecule has 1 unspecified atom stereocenters. The lowest BCUT2D eigenvalue weighted by molar-refractivity contribution is 0.0735. The van der Waals surface area contributed by atoms with E-state index in [-0.39, 0.29) is 11.9 Å². The molecule has 3 heterocycles. The van der Waals surface area contributed by atoms with E-state index >= 15 is 0 Å². The Morgan fingerprint density at radius 3 is 2.89 bits per heavy atom. The Morgan fingerprint density at radius 1 is 1.33 bits per heavy atom. The molecule has 92 valence electrons. The van der Waals surface area contributed by atoms with Gasteiger partial charge in [0.25, 0.3) is 5.91 Å². The molecule has 0 bridgehead atoms. The second-order valence-corrected chi connectivity index (χ2v) is 4.45. The van der Waals surface area contributed by atoms with Crippen LogP contribution in [0.25, 0.3) is 0 Å². The van der Waals surface area contributed by atoms with Gasteiger partial charge in [-0.05, 0) is 36.6 Å². The van der Waals surface area contributed by atoms with E-state index in [9.17, 15) is 4.79 Å². The first-order valence-corrected chi connectivity index (χ1v) is 6.09. The summed E-state index contributed by atoms with van der Waals surface area (Å²) in [4.78, 5) is 18.3. The maximum Gasteiger partial charge on any atom is 0.257 e. The summed E-state index contributed by atoms with van der Waals surface area (Å²) >= 11 is 0. The Morgan fingerprint density at radius 2 is 2.17 bits per heavy atom. The lowest BCUT2D eigenvalue weighted by atomic mass is 10.1. The zero-order valence-electron chi connectivity index (χ0n) is 9.95. The van der Waals surface area contributed by atoms with Crippen molar-refractivity contribution in [1.82, 2.24) is 9.88 Å². The fourth-order valence-electron chi connectivity index (χ4n) is 2.49. The third-order valence-electron chi connectivity index (χ3n) is 3.37. The van der Waals surface area contributed by atoms with Crippen LogP contribution in [0.3, 0.4) is 0 Å². The van der Waals surface area contributed by atoms with Crippen LogP contribution in [0.2, 0.25) is 0 Å². The van der Waals surface area contributed by atoms with Crippen LogP contribution in [0.15, 0.2) is 47.5 Å². The Hall–Kier alpha value is -2.10. The Balaban J connectivity index is 1.86. The summed E-state index contributed by atoms with van der Waals surface area (Å²) in [7, 11) is 0. The fraction of sp³-hybridized carbons (Fsp3) is 0.286. The number of amides is 1. The minimum Gasteiger partial charge on any atom is -0.472 e. The quantitative estimate of drug-likeness (QED) is 0.813. The number of likely N-dealkylation sites (tertiary alicyclic amines) is 1. The first-order chi connectivity index (χ1) is 8.86. The number of carbonyl (C=O) groups is 1. The van der Waals surface area contributed by atoms with Crippen LogP contribution in [-0.2, 0) is 0 Å². The number of pyridine rings is 1. The third kappa shape index (κ3) is 1.90. The van der Waals surface area contributed by atoms with E-state index < -0.39 is 0 Å². The van der Waals surface area contributed by atoms with Crippen molar-refractivity contribution < 1.29 is 9.21 Å². The number of aromatic nitrogens is 1. The summed E-state index contributed by atoms with van der Waals surface area (Å²) in [5, 5.41) is 0. The predicted octanol–water partition coefficient (Wildman–Crippen LogP) is 2.65. The molecule has 2 aromatic heterocycles. The zero-order valence-corrected chi connectivity index (χ0v) is 9.95. The highest BCUT2D eigenvalue weighted by Gasteiger charge is 2.30. The van der Waals surface area contributed by atoms with Crippen molar-refractivity contribution >= 4 is 5.91 Å². The first kappa shape index (κ1) is 11.0. The molecular formula is C14H14N2O2. The van der Waals surface area contributed by atoms with Gasteiger partial charge in [-0.25, -0.2) is 0 Å². The molecule has 1 fully saturated rings. The molecule has 0 N–H and O–H groups in total. The van der Waals surface area contributed by atoms with Gasteiger partial charge in [0.15, 0.2) is 0 Å². The van der Waals surface area contributed by atoms with Crippen molar-refractivity contribution in [2.75, 3.05) is 6.54 Å². The number of nitrogens with zero attached hydrogens (tertiary/aromatic N) is 2. The fourth-order valence-corrected chi connectivity index (χ4v) is 2.49. The number of hydrogen-bond acceptors (Lipinski definition) is 3. The summed E-state index contributed by atoms with van der Waals surface area (Å²) < 4.78 is 4.98. The van der Waals surface area contributed by atoms with Crippen molar-refractivity contribution in [1.29, 1.82) is 0 Å². The number of rotatable bonds is 2. The summed E-state index contributed by atoms with van der Waals surface area (Å²) in [5.74, 6) is 0.0445. The molecule has 0 saturated carbocycles. The van der Waals surface area contributed by atoms with E-state index in [0.717, 1.165) is 24.9 Å². The van der Waals surface area contributed by atoms with Crippen molar-refractivity contribution in [3.05, 3.63) is 54.2 Å². The van der Waals surface area contributed by atoms with Crippen molar-refractivity contribution in [2.24, 2.45) is 0 Å². The van der Waals surface area contributed by atoms with Crippen LogP contribution in [0, 0.1) is 0 Å². The van der Waals surface area contributed by atoms with Gasteiger partial charge in [0.05, 0.1) is 17.9 Å². The third-order valence-corrected chi connectivity index (χ3v) is 3.37. The standard InChI is InChI=1S/C14H14N2O2/c17-14(12-5-9-18-10-12)16-8-1-2-13(16)11-3-6-15-7-4-11/h3-7,9-10,13H,1-2,8H2. The van der Waals surface area contributed by atoms with Crippen LogP contribution in [0.1, 0.15) is 34.8 Å². The van der Waals surface area contributed by atoms with Gasteiger partial charge in [-0.15, -0.1) is 0 Å². The molecule has 0 spiro atoms. The van der Waals surface area contributed by atoms with Gasteiger partial charge >= 0.3 is 0 Å². The van der Waals surface area contributed by atoms with E-state index in [1.54, 1.807) is 18.5 Å². The predicted molar refractivity (Wildman–Crippen MR) is 66.0 cm³/mol. The molecule has 1 saturated heterocycles. The van der Waals surface area contributed by atoms with Crippen LogP contribution >= 0.6 is 0 Å². The second-order valence-electron chi connectivity index (χ2n) is 4.45. The average Bonchev–Trinajstić information content (AvgIpc) is 3.10. The molecule has 0 aliphatic carbocycles. The minimum absolute atomic E-state index is 0.0445. The highest BCUT2D eigenvalue weighted by Crippen LogP contribution is 2.32. The number of hydrogen-bond donors (Lipinski definition) is 0. The van der Waals surface area contributed by atoms with Gasteiger partial charge < -0.3 is 9.32 Å². The maximum atomic E-state index is 12.3. The van der Waals surface area contributed by atoms with Crippen molar-refractivity contribution in [3.63, 3.8) is 0 Å². The molecule has 3 rings (SSSR count). The highest BCUT2D eigenvalue weighted by molar-refractivity contribution is 5.94. The highest BCUT2D eigenvalue weighted by atomic mass is 16.3. The van der Waals surface area contributed by atoms with Crippen LogP contribution in [0.4, 0.5) is 0 Å². The molecule has 1 amide bonds. The molecule has 4 nitrogen and oxygen atoms in total. The smallest absolute Gasteiger partial charge is 0.257 e. The summed E-state index contributed by atoms with van der Waals surface area (Å²) in [6.07, 6.45) is 8.63. The SMILES string of the molecule is O=C(c1ccoc1)N1CCCC1c1ccncc1. The zero-order chi connectivity index (χ0) is 12.4. The van der Waals surface area contributed by atoms with Crippen LogP contribution in [0.5, 0.6) is 0 Å². The topological polar surface area (TPSA) is 46.3 Å². The summed E-state index contributed by atoms with van der Waals surface area (Å²) in [6, 6.07) is 5.83. The Kier molecular flexibility index (Phi) is 2.84. The summed E-state index contributed by atoms with van der Waals surface area (Å²) in [5.41, 5.74) is 1.77. The van der Waals surface area contributed by atoms with Gasteiger partial charge in [-0.2, -0.15) is 0 Å². The maximum absolute atomic E-state index is 12.3. The Labute approximate surface area is 105 Å². The van der Waals surface area contributed by atoms with Gasteiger partial charge in [0.1, 0.15) is 6.26 Å². The monoisotopic (exact) mass is 242 g/mol. The molecule has 4 heteroatoms. The van der Waals surface area contributed by atoms with Crippen LogP contribution < -0.4 is 0 Å². The van der Waals surface area contributed by atoms with Gasteiger partial charge in [0, 0.05) is 18.9 Å². The Bertz CT molecular complexity index is 522. The lowest BCUT2D eigenvalue weighted by Crippen LogP contribution is -2.30. The minimum atomic E-state index is 0.0445. The largest absolute Gasteiger partial charge is 0.472 e.